The minimum absolute atomic E-state index is 0.0773. The number of aromatic nitrogens is 1. The fraction of sp³-hybridized carbons (Fsp3) is 0.538. The lowest BCUT2D eigenvalue weighted by molar-refractivity contribution is 0.0598. The maximum Gasteiger partial charge on any atom is 0.270 e. The number of methoxy groups -OCH3 is 1. The molecule has 4 heteroatoms. The maximum absolute atomic E-state index is 11.9. The van der Waals surface area contributed by atoms with Gasteiger partial charge in [0, 0.05) is 19.3 Å². The Morgan fingerprint density at radius 2 is 2.12 bits per heavy atom. The van der Waals surface area contributed by atoms with Crippen LogP contribution in [-0.4, -0.2) is 30.1 Å². The summed E-state index contributed by atoms with van der Waals surface area (Å²) in [6.07, 6.45) is 6.00. The predicted molar refractivity (Wildman–Crippen MR) is 64.8 cm³/mol. The lowest BCUT2D eigenvalue weighted by atomic mass is 9.93. The van der Waals surface area contributed by atoms with E-state index in [9.17, 15) is 4.79 Å². The standard InChI is InChI=1S/C13H18N2O2/c1-17-11-7-5-10(6-8-11)15-13(16)12-4-2-3-9-14-12/h2-4,9-11H,5-8H2,1H3,(H,15,16). The van der Waals surface area contributed by atoms with Crippen molar-refractivity contribution in [3.8, 4) is 0 Å². The van der Waals surface area contributed by atoms with E-state index in [0.29, 0.717) is 11.8 Å². The summed E-state index contributed by atoms with van der Waals surface area (Å²) >= 11 is 0. The number of nitrogens with zero attached hydrogens (tertiary/aromatic N) is 1. The molecule has 0 atom stereocenters. The van der Waals surface area contributed by atoms with Crippen LogP contribution >= 0.6 is 0 Å². The Morgan fingerprint density at radius 3 is 2.71 bits per heavy atom. The second-order valence-electron chi connectivity index (χ2n) is 4.40. The number of amides is 1. The van der Waals surface area contributed by atoms with Crippen LogP contribution in [0.4, 0.5) is 0 Å². The lowest BCUT2D eigenvalue weighted by Crippen LogP contribution is -2.39. The lowest BCUT2D eigenvalue weighted by Gasteiger charge is -2.28. The van der Waals surface area contributed by atoms with E-state index < -0.39 is 0 Å². The Kier molecular flexibility index (Phi) is 4.09. The molecule has 4 nitrogen and oxygen atoms in total. The molecule has 17 heavy (non-hydrogen) atoms. The first-order chi connectivity index (χ1) is 8.29. The number of hydrogen-bond donors (Lipinski definition) is 1. The van der Waals surface area contributed by atoms with Crippen molar-refractivity contribution in [3.05, 3.63) is 30.1 Å². The minimum Gasteiger partial charge on any atom is -0.381 e. The van der Waals surface area contributed by atoms with Crippen LogP contribution in [0.2, 0.25) is 0 Å². The van der Waals surface area contributed by atoms with Gasteiger partial charge in [-0.3, -0.25) is 9.78 Å². The largest absolute Gasteiger partial charge is 0.381 e. The third kappa shape index (κ3) is 3.27. The van der Waals surface area contributed by atoms with Crippen molar-refractivity contribution in [1.82, 2.24) is 10.3 Å². The van der Waals surface area contributed by atoms with Gasteiger partial charge in [0.2, 0.25) is 0 Å². The molecule has 1 aromatic rings. The van der Waals surface area contributed by atoms with E-state index in [1.165, 1.54) is 0 Å². The molecule has 0 radical (unpaired) electrons. The first-order valence-corrected chi connectivity index (χ1v) is 6.04. The van der Waals surface area contributed by atoms with E-state index in [2.05, 4.69) is 10.3 Å². The molecule has 1 saturated carbocycles. The molecule has 1 N–H and O–H groups in total. The van der Waals surface area contributed by atoms with Gasteiger partial charge in [-0.1, -0.05) is 6.07 Å². The molecule has 1 aliphatic rings. The summed E-state index contributed by atoms with van der Waals surface area (Å²) in [5.74, 6) is -0.0773. The molecule has 1 aliphatic carbocycles. The number of ether oxygens (including phenoxy) is 1. The van der Waals surface area contributed by atoms with Gasteiger partial charge in [0.05, 0.1) is 6.10 Å². The zero-order chi connectivity index (χ0) is 12.1. The average molecular weight is 234 g/mol. The molecule has 0 saturated heterocycles. The zero-order valence-electron chi connectivity index (χ0n) is 10.1. The molecule has 1 fully saturated rings. The van der Waals surface area contributed by atoms with Gasteiger partial charge < -0.3 is 10.1 Å². The van der Waals surface area contributed by atoms with Gasteiger partial charge in [-0.2, -0.15) is 0 Å². The molecular formula is C13H18N2O2. The van der Waals surface area contributed by atoms with Crippen molar-refractivity contribution >= 4 is 5.91 Å². The number of carbonyl (C=O) groups excluding carboxylic acids is 1. The van der Waals surface area contributed by atoms with E-state index in [0.717, 1.165) is 25.7 Å². The molecule has 2 rings (SSSR count). The molecule has 0 bridgehead atoms. The molecule has 0 aromatic carbocycles. The highest BCUT2D eigenvalue weighted by atomic mass is 16.5. The SMILES string of the molecule is COC1CCC(NC(=O)c2ccccn2)CC1. The molecular weight excluding hydrogens is 216 g/mol. The van der Waals surface area contributed by atoms with E-state index >= 15 is 0 Å². The van der Waals surface area contributed by atoms with Gasteiger partial charge in [-0.25, -0.2) is 0 Å². The van der Waals surface area contributed by atoms with Gasteiger partial charge >= 0.3 is 0 Å². The van der Waals surface area contributed by atoms with Crippen LogP contribution in [0.25, 0.3) is 0 Å². The Bertz CT molecular complexity index is 359. The molecule has 1 aromatic heterocycles. The third-order valence-corrected chi connectivity index (χ3v) is 3.24. The topological polar surface area (TPSA) is 51.2 Å². The number of hydrogen-bond acceptors (Lipinski definition) is 3. The Labute approximate surface area is 101 Å². The molecule has 1 amide bonds. The third-order valence-electron chi connectivity index (χ3n) is 3.24. The van der Waals surface area contributed by atoms with Crippen LogP contribution in [0.5, 0.6) is 0 Å². The Balaban J connectivity index is 1.84. The van der Waals surface area contributed by atoms with Gasteiger partial charge in [0.1, 0.15) is 5.69 Å². The highest BCUT2D eigenvalue weighted by molar-refractivity contribution is 5.92. The Morgan fingerprint density at radius 1 is 1.35 bits per heavy atom. The van der Waals surface area contributed by atoms with Crippen molar-refractivity contribution < 1.29 is 9.53 Å². The maximum atomic E-state index is 11.9. The van der Waals surface area contributed by atoms with E-state index in [1.54, 1.807) is 25.4 Å². The van der Waals surface area contributed by atoms with Crippen molar-refractivity contribution in [2.75, 3.05) is 7.11 Å². The summed E-state index contributed by atoms with van der Waals surface area (Å²) in [6, 6.07) is 5.62. The monoisotopic (exact) mass is 234 g/mol. The fourth-order valence-corrected chi connectivity index (χ4v) is 2.20. The normalized spacial score (nSPS) is 24.3. The van der Waals surface area contributed by atoms with Crippen molar-refractivity contribution in [2.24, 2.45) is 0 Å². The van der Waals surface area contributed by atoms with Crippen LogP contribution in [0.15, 0.2) is 24.4 Å². The van der Waals surface area contributed by atoms with Crippen LogP contribution in [0.1, 0.15) is 36.2 Å². The highest BCUT2D eigenvalue weighted by Gasteiger charge is 2.22. The van der Waals surface area contributed by atoms with Crippen LogP contribution in [0, 0.1) is 0 Å². The predicted octanol–water partition coefficient (Wildman–Crippen LogP) is 1.77. The Hall–Kier alpha value is -1.42. The van der Waals surface area contributed by atoms with Gasteiger partial charge in [-0.05, 0) is 37.8 Å². The van der Waals surface area contributed by atoms with E-state index in [1.807, 2.05) is 6.07 Å². The summed E-state index contributed by atoms with van der Waals surface area (Å²) < 4.78 is 5.30. The molecule has 0 spiro atoms. The van der Waals surface area contributed by atoms with Crippen molar-refractivity contribution in [1.29, 1.82) is 0 Å². The molecule has 1 heterocycles. The number of nitrogens with one attached hydrogen (secondary N) is 1. The van der Waals surface area contributed by atoms with Crippen LogP contribution < -0.4 is 5.32 Å². The second-order valence-corrected chi connectivity index (χ2v) is 4.40. The first kappa shape index (κ1) is 12.0. The van der Waals surface area contributed by atoms with E-state index in [-0.39, 0.29) is 11.9 Å². The first-order valence-electron chi connectivity index (χ1n) is 6.04. The van der Waals surface area contributed by atoms with Crippen molar-refractivity contribution in [2.45, 2.75) is 37.8 Å². The number of rotatable bonds is 3. The van der Waals surface area contributed by atoms with Crippen LogP contribution in [0.3, 0.4) is 0 Å². The number of carbonyl (C=O) groups is 1. The van der Waals surface area contributed by atoms with Crippen molar-refractivity contribution in [3.63, 3.8) is 0 Å². The average Bonchev–Trinajstić information content (AvgIpc) is 2.40. The molecule has 0 unspecified atom stereocenters. The van der Waals surface area contributed by atoms with E-state index in [4.69, 9.17) is 4.74 Å². The van der Waals surface area contributed by atoms with Gasteiger partial charge in [-0.15, -0.1) is 0 Å². The summed E-state index contributed by atoms with van der Waals surface area (Å²) in [6.45, 7) is 0. The second kappa shape index (κ2) is 5.77. The fourth-order valence-electron chi connectivity index (χ4n) is 2.20. The summed E-state index contributed by atoms with van der Waals surface area (Å²) in [7, 11) is 1.75. The zero-order valence-corrected chi connectivity index (χ0v) is 10.1. The quantitative estimate of drug-likeness (QED) is 0.867. The van der Waals surface area contributed by atoms with Gasteiger partial charge in [0.25, 0.3) is 5.91 Å². The number of pyridine rings is 1. The summed E-state index contributed by atoms with van der Waals surface area (Å²) in [4.78, 5) is 15.9. The van der Waals surface area contributed by atoms with Gasteiger partial charge in [0.15, 0.2) is 0 Å². The molecule has 92 valence electrons. The summed E-state index contributed by atoms with van der Waals surface area (Å²) in [5.41, 5.74) is 0.487. The minimum atomic E-state index is -0.0773. The molecule has 0 aliphatic heterocycles. The smallest absolute Gasteiger partial charge is 0.270 e. The highest BCUT2D eigenvalue weighted by Crippen LogP contribution is 2.20. The van der Waals surface area contributed by atoms with Crippen LogP contribution in [-0.2, 0) is 4.74 Å². The summed E-state index contributed by atoms with van der Waals surface area (Å²) in [5, 5.41) is 3.02.